The molecule has 1 aliphatic heterocycles. The molecule has 4 nitrogen and oxygen atoms in total. The third kappa shape index (κ3) is 4.02. The minimum absolute atomic E-state index is 0.290. The summed E-state index contributed by atoms with van der Waals surface area (Å²) in [5, 5.41) is 12.0. The summed E-state index contributed by atoms with van der Waals surface area (Å²) < 4.78 is 43.0. The molecule has 5 aromatic rings. The van der Waals surface area contributed by atoms with Crippen LogP contribution in [0.15, 0.2) is 84.9 Å². The van der Waals surface area contributed by atoms with Gasteiger partial charge in [-0.3, -0.25) is 0 Å². The van der Waals surface area contributed by atoms with Gasteiger partial charge in [-0.25, -0.2) is 4.68 Å². The van der Waals surface area contributed by atoms with Crippen molar-refractivity contribution in [1.82, 2.24) is 15.1 Å². The number of hydrogen-bond donors (Lipinski definition) is 1. The van der Waals surface area contributed by atoms with Gasteiger partial charge >= 0.3 is 6.18 Å². The molecule has 0 bridgehead atoms. The smallest absolute Gasteiger partial charge is 0.369 e. The van der Waals surface area contributed by atoms with Gasteiger partial charge in [0.05, 0.1) is 11.4 Å². The van der Waals surface area contributed by atoms with Crippen LogP contribution >= 0.6 is 0 Å². The number of fused-ring (bicyclic) bond motifs is 3. The summed E-state index contributed by atoms with van der Waals surface area (Å²) >= 11 is 0. The van der Waals surface area contributed by atoms with E-state index in [9.17, 15) is 13.2 Å². The lowest BCUT2D eigenvalue weighted by Crippen LogP contribution is -2.43. The zero-order valence-corrected chi connectivity index (χ0v) is 18.9. The zero-order valence-electron chi connectivity index (χ0n) is 18.9. The standard InChI is InChI=1S/C28H23F3N4/c29-28(30,31)27-18-26(21-7-12-25-20(17-21)6-5-19-3-1-2-4-24(19)25)33-35(27)23-10-8-22(9-11-23)34-15-13-32-14-16-34/h1-12,17-18,32H,13-16H2. The molecule has 176 valence electrons. The fourth-order valence-electron chi connectivity index (χ4n) is 4.82. The van der Waals surface area contributed by atoms with Gasteiger partial charge in [-0.2, -0.15) is 18.3 Å². The Morgan fingerprint density at radius 1 is 0.714 bits per heavy atom. The summed E-state index contributed by atoms with van der Waals surface area (Å²) in [5.41, 5.74) is 1.53. The highest BCUT2D eigenvalue weighted by Crippen LogP contribution is 2.36. The third-order valence-electron chi connectivity index (χ3n) is 6.62. The van der Waals surface area contributed by atoms with E-state index in [-0.39, 0.29) is 0 Å². The Morgan fingerprint density at radius 2 is 1.40 bits per heavy atom. The number of nitrogens with one attached hydrogen (secondary N) is 1. The highest BCUT2D eigenvalue weighted by molar-refractivity contribution is 6.08. The van der Waals surface area contributed by atoms with Crippen LogP contribution in [-0.4, -0.2) is 36.0 Å². The van der Waals surface area contributed by atoms with Crippen molar-refractivity contribution in [2.75, 3.05) is 31.1 Å². The van der Waals surface area contributed by atoms with Crippen LogP contribution in [-0.2, 0) is 6.18 Å². The predicted molar refractivity (Wildman–Crippen MR) is 134 cm³/mol. The van der Waals surface area contributed by atoms with Gasteiger partial charge in [-0.05, 0) is 57.9 Å². The lowest BCUT2D eigenvalue weighted by molar-refractivity contribution is -0.142. The van der Waals surface area contributed by atoms with Crippen LogP contribution in [0.4, 0.5) is 18.9 Å². The summed E-state index contributed by atoms with van der Waals surface area (Å²) in [7, 11) is 0. The fourth-order valence-corrected chi connectivity index (χ4v) is 4.82. The van der Waals surface area contributed by atoms with E-state index < -0.39 is 11.9 Å². The van der Waals surface area contributed by atoms with Crippen molar-refractivity contribution in [3.8, 4) is 16.9 Å². The zero-order chi connectivity index (χ0) is 24.0. The van der Waals surface area contributed by atoms with Crippen molar-refractivity contribution in [3.63, 3.8) is 0 Å². The first-order valence-electron chi connectivity index (χ1n) is 11.6. The first-order valence-corrected chi connectivity index (χ1v) is 11.6. The van der Waals surface area contributed by atoms with Gasteiger partial charge in [0.1, 0.15) is 5.69 Å². The quantitative estimate of drug-likeness (QED) is 0.314. The van der Waals surface area contributed by atoms with Crippen molar-refractivity contribution in [3.05, 3.63) is 90.6 Å². The normalized spacial score (nSPS) is 14.7. The van der Waals surface area contributed by atoms with Gasteiger partial charge < -0.3 is 10.2 Å². The molecule has 6 rings (SSSR count). The molecule has 1 aliphatic rings. The third-order valence-corrected chi connectivity index (χ3v) is 6.62. The molecule has 2 heterocycles. The Bertz CT molecular complexity index is 1510. The predicted octanol–water partition coefficient (Wildman–Crippen LogP) is 6.27. The maximum Gasteiger partial charge on any atom is 0.433 e. The second-order valence-electron chi connectivity index (χ2n) is 8.80. The number of alkyl halides is 3. The van der Waals surface area contributed by atoms with Gasteiger partial charge in [0.25, 0.3) is 0 Å². The molecule has 4 aromatic carbocycles. The maximum absolute atomic E-state index is 14.0. The van der Waals surface area contributed by atoms with Crippen molar-refractivity contribution in [1.29, 1.82) is 0 Å². The van der Waals surface area contributed by atoms with Gasteiger partial charge in [-0.15, -0.1) is 0 Å². The SMILES string of the molecule is FC(F)(F)c1cc(-c2ccc3c(ccc4ccccc43)c2)nn1-c1ccc(N2CCNCC2)cc1. The molecule has 1 aromatic heterocycles. The van der Waals surface area contributed by atoms with Crippen LogP contribution < -0.4 is 10.2 Å². The lowest BCUT2D eigenvalue weighted by Gasteiger charge is -2.29. The fraction of sp³-hybridized carbons (Fsp3) is 0.179. The first-order chi connectivity index (χ1) is 17.0. The highest BCUT2D eigenvalue weighted by atomic mass is 19.4. The summed E-state index contributed by atoms with van der Waals surface area (Å²) in [6.45, 7) is 3.53. The van der Waals surface area contributed by atoms with Crippen molar-refractivity contribution >= 4 is 27.2 Å². The van der Waals surface area contributed by atoms with Gasteiger partial charge in [0.2, 0.25) is 0 Å². The highest BCUT2D eigenvalue weighted by Gasteiger charge is 2.36. The van der Waals surface area contributed by atoms with Crippen LogP contribution in [0.3, 0.4) is 0 Å². The van der Waals surface area contributed by atoms with E-state index in [1.165, 1.54) is 0 Å². The molecular formula is C28H23F3N4. The van der Waals surface area contributed by atoms with Crippen LogP contribution in [0.1, 0.15) is 5.69 Å². The van der Waals surface area contributed by atoms with Crippen molar-refractivity contribution in [2.24, 2.45) is 0 Å². The molecule has 0 aliphatic carbocycles. The van der Waals surface area contributed by atoms with E-state index in [1.807, 2.05) is 60.7 Å². The Labute approximate surface area is 200 Å². The van der Waals surface area contributed by atoms with E-state index in [0.29, 0.717) is 16.9 Å². The molecule has 0 atom stereocenters. The second kappa shape index (κ2) is 8.43. The topological polar surface area (TPSA) is 33.1 Å². The number of aromatic nitrogens is 2. The van der Waals surface area contributed by atoms with E-state index in [1.54, 1.807) is 12.1 Å². The number of hydrogen-bond acceptors (Lipinski definition) is 3. The van der Waals surface area contributed by atoms with Crippen molar-refractivity contribution in [2.45, 2.75) is 6.18 Å². The van der Waals surface area contributed by atoms with Gasteiger partial charge in [0, 0.05) is 37.4 Å². The van der Waals surface area contributed by atoms with Crippen LogP contribution in [0.5, 0.6) is 0 Å². The number of nitrogens with zero attached hydrogens (tertiary/aromatic N) is 3. The second-order valence-corrected chi connectivity index (χ2v) is 8.80. The summed E-state index contributed by atoms with van der Waals surface area (Å²) in [4.78, 5) is 2.22. The van der Waals surface area contributed by atoms with E-state index in [2.05, 4.69) is 21.4 Å². The molecule has 1 fully saturated rings. The van der Waals surface area contributed by atoms with Gasteiger partial charge in [0.15, 0.2) is 0 Å². The maximum atomic E-state index is 14.0. The first kappa shape index (κ1) is 21.7. The minimum atomic E-state index is -4.53. The molecule has 1 saturated heterocycles. The Morgan fingerprint density at radius 3 is 2.17 bits per heavy atom. The molecule has 0 unspecified atom stereocenters. The number of halogens is 3. The number of anilines is 1. The summed E-state index contributed by atoms with van der Waals surface area (Å²) in [6.07, 6.45) is -4.53. The summed E-state index contributed by atoms with van der Waals surface area (Å²) in [5.74, 6) is 0. The minimum Gasteiger partial charge on any atom is -0.369 e. The average Bonchev–Trinajstić information content (AvgIpc) is 3.35. The molecule has 35 heavy (non-hydrogen) atoms. The molecule has 0 saturated carbocycles. The van der Waals surface area contributed by atoms with E-state index >= 15 is 0 Å². The molecule has 0 amide bonds. The van der Waals surface area contributed by atoms with E-state index in [0.717, 1.165) is 64.2 Å². The Hall–Kier alpha value is -3.84. The van der Waals surface area contributed by atoms with Crippen LogP contribution in [0, 0.1) is 0 Å². The van der Waals surface area contributed by atoms with Crippen LogP contribution in [0.2, 0.25) is 0 Å². The Balaban J connectivity index is 1.40. The van der Waals surface area contributed by atoms with Crippen molar-refractivity contribution < 1.29 is 13.2 Å². The molecular weight excluding hydrogens is 449 g/mol. The number of rotatable bonds is 3. The monoisotopic (exact) mass is 472 g/mol. The van der Waals surface area contributed by atoms with Crippen LogP contribution in [0.25, 0.3) is 38.5 Å². The summed E-state index contributed by atoms with van der Waals surface area (Å²) in [6, 6.07) is 26.1. The largest absolute Gasteiger partial charge is 0.433 e. The molecule has 0 radical (unpaired) electrons. The van der Waals surface area contributed by atoms with E-state index in [4.69, 9.17) is 0 Å². The van der Waals surface area contributed by atoms with Gasteiger partial charge in [-0.1, -0.05) is 48.5 Å². The molecule has 1 N–H and O–H groups in total. The molecule has 0 spiro atoms. The number of piperazine rings is 1. The average molecular weight is 473 g/mol. The lowest BCUT2D eigenvalue weighted by atomic mass is 9.99. The number of benzene rings is 4. The Kier molecular flexibility index (Phi) is 5.22. The molecule has 7 heteroatoms.